The van der Waals surface area contributed by atoms with Gasteiger partial charge in [0.05, 0.1) is 4.90 Å². The van der Waals surface area contributed by atoms with Crippen LogP contribution in [0.1, 0.15) is 37.3 Å². The van der Waals surface area contributed by atoms with Crippen LogP contribution < -0.4 is 10.5 Å². The molecule has 0 aromatic heterocycles. The molecule has 3 N–H and O–H groups in total. The molecule has 0 aliphatic heterocycles. The highest BCUT2D eigenvalue weighted by molar-refractivity contribution is 9.10. The molecule has 20 heavy (non-hydrogen) atoms. The summed E-state index contributed by atoms with van der Waals surface area (Å²) in [5.41, 5.74) is 7.34. The molecule has 0 bridgehead atoms. The van der Waals surface area contributed by atoms with Crippen molar-refractivity contribution < 1.29 is 8.42 Å². The first kappa shape index (κ1) is 15.9. The van der Waals surface area contributed by atoms with E-state index in [9.17, 15) is 8.42 Å². The van der Waals surface area contributed by atoms with Gasteiger partial charge in [0.15, 0.2) is 0 Å². The van der Waals surface area contributed by atoms with Gasteiger partial charge in [0.25, 0.3) is 0 Å². The first-order valence-corrected chi connectivity index (χ1v) is 9.12. The molecule has 112 valence electrons. The van der Waals surface area contributed by atoms with E-state index < -0.39 is 10.0 Å². The van der Waals surface area contributed by atoms with E-state index in [0.29, 0.717) is 16.9 Å². The van der Waals surface area contributed by atoms with Crippen molar-refractivity contribution in [3.05, 3.63) is 27.7 Å². The van der Waals surface area contributed by atoms with E-state index in [1.54, 1.807) is 6.07 Å². The Hall–Kier alpha value is -0.430. The first-order valence-electron chi connectivity index (χ1n) is 6.85. The lowest BCUT2D eigenvalue weighted by atomic mass is 10.1. The summed E-state index contributed by atoms with van der Waals surface area (Å²) in [6.07, 6.45) is 2.90. The summed E-state index contributed by atoms with van der Waals surface area (Å²) in [5, 5.41) is 0. The van der Waals surface area contributed by atoms with Crippen LogP contribution in [-0.2, 0) is 16.6 Å². The van der Waals surface area contributed by atoms with Gasteiger partial charge in [0, 0.05) is 17.1 Å². The molecule has 1 aliphatic rings. The van der Waals surface area contributed by atoms with Gasteiger partial charge >= 0.3 is 0 Å². The zero-order valence-electron chi connectivity index (χ0n) is 11.8. The van der Waals surface area contributed by atoms with Gasteiger partial charge in [0.2, 0.25) is 10.0 Å². The zero-order valence-corrected chi connectivity index (χ0v) is 14.2. The standard InChI is InChI=1S/C14H21BrN2O2S/c1-9-3-4-12(5-9)17-20(18,19)13-7-11(8-16)6-10(2)14(13)15/h6-7,9,12,17H,3-5,8,16H2,1-2H3. The van der Waals surface area contributed by atoms with Crippen LogP contribution in [-0.4, -0.2) is 14.5 Å². The second-order valence-corrected chi connectivity index (χ2v) is 8.14. The van der Waals surface area contributed by atoms with Crippen molar-refractivity contribution in [2.45, 2.75) is 50.6 Å². The highest BCUT2D eigenvalue weighted by Gasteiger charge is 2.28. The van der Waals surface area contributed by atoms with Gasteiger partial charge in [-0.2, -0.15) is 0 Å². The second-order valence-electron chi connectivity index (χ2n) is 5.67. The number of sulfonamides is 1. The fraction of sp³-hybridized carbons (Fsp3) is 0.571. The number of nitrogens with one attached hydrogen (secondary N) is 1. The average Bonchev–Trinajstić information content (AvgIpc) is 2.76. The Balaban J connectivity index is 2.31. The number of halogens is 1. The quantitative estimate of drug-likeness (QED) is 0.866. The molecule has 0 saturated heterocycles. The number of nitrogens with two attached hydrogens (primary N) is 1. The summed E-state index contributed by atoms with van der Waals surface area (Å²) >= 11 is 3.38. The largest absolute Gasteiger partial charge is 0.326 e. The van der Waals surface area contributed by atoms with Crippen LogP contribution >= 0.6 is 15.9 Å². The molecule has 1 fully saturated rings. The highest BCUT2D eigenvalue weighted by Crippen LogP contribution is 2.30. The van der Waals surface area contributed by atoms with Crippen LogP contribution in [0.2, 0.25) is 0 Å². The number of aryl methyl sites for hydroxylation is 1. The Labute approximate surface area is 129 Å². The molecule has 2 rings (SSSR count). The van der Waals surface area contributed by atoms with Crippen molar-refractivity contribution in [3.8, 4) is 0 Å². The Bertz CT molecular complexity index is 601. The lowest BCUT2D eigenvalue weighted by Gasteiger charge is -2.16. The maximum Gasteiger partial charge on any atom is 0.241 e. The number of hydrogen-bond donors (Lipinski definition) is 2. The predicted molar refractivity (Wildman–Crippen MR) is 83.9 cm³/mol. The number of benzene rings is 1. The van der Waals surface area contributed by atoms with Crippen molar-refractivity contribution in [1.82, 2.24) is 4.72 Å². The predicted octanol–water partition coefficient (Wildman–Crippen LogP) is 2.68. The zero-order chi connectivity index (χ0) is 14.9. The summed E-state index contributed by atoms with van der Waals surface area (Å²) in [6, 6.07) is 3.60. The van der Waals surface area contributed by atoms with Gasteiger partial charge in [-0.05, 0) is 65.2 Å². The molecule has 1 aromatic rings. The summed E-state index contributed by atoms with van der Waals surface area (Å²) in [7, 11) is -3.51. The van der Waals surface area contributed by atoms with E-state index in [0.717, 1.165) is 30.4 Å². The molecule has 0 amide bonds. The third kappa shape index (κ3) is 3.42. The summed E-state index contributed by atoms with van der Waals surface area (Å²) < 4.78 is 28.5. The maximum atomic E-state index is 12.6. The van der Waals surface area contributed by atoms with Gasteiger partial charge in [-0.15, -0.1) is 0 Å². The minimum atomic E-state index is -3.51. The monoisotopic (exact) mass is 360 g/mol. The smallest absolute Gasteiger partial charge is 0.241 e. The van der Waals surface area contributed by atoms with Crippen LogP contribution in [0, 0.1) is 12.8 Å². The summed E-state index contributed by atoms with van der Waals surface area (Å²) in [6.45, 7) is 4.36. The summed E-state index contributed by atoms with van der Waals surface area (Å²) in [4.78, 5) is 0.289. The lowest BCUT2D eigenvalue weighted by Crippen LogP contribution is -2.33. The SMILES string of the molecule is Cc1cc(CN)cc(S(=O)(=O)NC2CCC(C)C2)c1Br. The molecule has 0 spiro atoms. The number of rotatable bonds is 4. The van der Waals surface area contributed by atoms with Crippen molar-refractivity contribution >= 4 is 26.0 Å². The first-order chi connectivity index (χ1) is 9.33. The van der Waals surface area contributed by atoms with Crippen molar-refractivity contribution in [3.63, 3.8) is 0 Å². The van der Waals surface area contributed by atoms with Gasteiger partial charge in [-0.25, -0.2) is 13.1 Å². The summed E-state index contributed by atoms with van der Waals surface area (Å²) in [5.74, 6) is 0.586. The molecule has 2 unspecified atom stereocenters. The minimum Gasteiger partial charge on any atom is -0.326 e. The van der Waals surface area contributed by atoms with Crippen molar-refractivity contribution in [1.29, 1.82) is 0 Å². The molecular formula is C14H21BrN2O2S. The third-order valence-corrected chi connectivity index (χ3v) is 6.68. The maximum absolute atomic E-state index is 12.6. The Morgan fingerprint density at radius 3 is 2.65 bits per heavy atom. The van der Waals surface area contributed by atoms with Crippen LogP contribution in [0.4, 0.5) is 0 Å². The van der Waals surface area contributed by atoms with E-state index >= 15 is 0 Å². The van der Waals surface area contributed by atoms with Gasteiger partial charge in [-0.1, -0.05) is 13.0 Å². The van der Waals surface area contributed by atoms with Gasteiger partial charge < -0.3 is 5.73 Å². The van der Waals surface area contributed by atoms with Gasteiger partial charge in [-0.3, -0.25) is 0 Å². The van der Waals surface area contributed by atoms with Crippen molar-refractivity contribution in [2.24, 2.45) is 11.7 Å². The van der Waals surface area contributed by atoms with E-state index in [1.165, 1.54) is 0 Å². The third-order valence-electron chi connectivity index (χ3n) is 3.82. The van der Waals surface area contributed by atoms with E-state index in [-0.39, 0.29) is 10.9 Å². The molecule has 6 heteroatoms. The lowest BCUT2D eigenvalue weighted by molar-refractivity contribution is 0.538. The Morgan fingerprint density at radius 1 is 1.40 bits per heavy atom. The molecule has 0 heterocycles. The van der Waals surface area contributed by atoms with E-state index in [2.05, 4.69) is 27.6 Å². The molecule has 1 aromatic carbocycles. The molecule has 1 aliphatic carbocycles. The van der Waals surface area contributed by atoms with E-state index in [1.807, 2.05) is 13.0 Å². The molecule has 1 saturated carbocycles. The Morgan fingerprint density at radius 2 is 2.10 bits per heavy atom. The normalized spacial score (nSPS) is 23.2. The highest BCUT2D eigenvalue weighted by atomic mass is 79.9. The van der Waals surface area contributed by atoms with Crippen LogP contribution in [0.3, 0.4) is 0 Å². The molecule has 2 atom stereocenters. The van der Waals surface area contributed by atoms with E-state index in [4.69, 9.17) is 5.73 Å². The molecular weight excluding hydrogens is 340 g/mol. The fourth-order valence-corrected chi connectivity index (χ4v) is 5.07. The number of hydrogen-bond acceptors (Lipinski definition) is 3. The molecule has 0 radical (unpaired) electrons. The molecule has 4 nitrogen and oxygen atoms in total. The van der Waals surface area contributed by atoms with Crippen LogP contribution in [0.15, 0.2) is 21.5 Å². The van der Waals surface area contributed by atoms with Crippen LogP contribution in [0.5, 0.6) is 0 Å². The fourth-order valence-electron chi connectivity index (χ4n) is 2.72. The van der Waals surface area contributed by atoms with Crippen LogP contribution in [0.25, 0.3) is 0 Å². The second kappa shape index (κ2) is 6.13. The van der Waals surface area contributed by atoms with Crippen molar-refractivity contribution in [2.75, 3.05) is 0 Å². The average molecular weight is 361 g/mol. The minimum absolute atomic E-state index is 0.0451. The van der Waals surface area contributed by atoms with Gasteiger partial charge in [0.1, 0.15) is 0 Å². The Kier molecular flexibility index (Phi) is 4.89. The topological polar surface area (TPSA) is 72.2 Å².